The van der Waals surface area contributed by atoms with E-state index in [9.17, 15) is 19.2 Å². The standard InChI is InChI=1S/C32H30O6.C20H22O6/c1-35-29-15-13-25(19-31(33)37-21-23-9-5-3-6-10-23)17-27(29)28-18-26(14-16-30(28)36-2)20-32(34)38-22-24-11-7-4-8-12-24;1-23-17-7-5-13(11-19(21)25-3)9-15(17)16-10-14(12-20(22)26-4)6-8-18(16)24-2/h3-18H,19-22H2,1-2H3;5-10H,11-12H2,1-4H3. The number of carbonyl (C=O) groups is 4. The van der Waals surface area contributed by atoms with Crippen LogP contribution in [0.4, 0.5) is 0 Å². The average molecular weight is 869 g/mol. The van der Waals surface area contributed by atoms with E-state index >= 15 is 0 Å². The van der Waals surface area contributed by atoms with Crippen LogP contribution in [0.1, 0.15) is 33.4 Å². The van der Waals surface area contributed by atoms with Crippen LogP contribution in [0.2, 0.25) is 0 Å². The van der Waals surface area contributed by atoms with Crippen LogP contribution in [0, 0.1) is 0 Å². The Labute approximate surface area is 373 Å². The maximum atomic E-state index is 12.5. The van der Waals surface area contributed by atoms with E-state index in [1.807, 2.05) is 121 Å². The summed E-state index contributed by atoms with van der Waals surface area (Å²) in [5, 5.41) is 0. The molecular formula is C52H52O12. The van der Waals surface area contributed by atoms with E-state index in [2.05, 4.69) is 0 Å². The zero-order valence-electron chi connectivity index (χ0n) is 36.8. The Balaban J connectivity index is 0.000000259. The highest BCUT2D eigenvalue weighted by atomic mass is 16.5. The summed E-state index contributed by atoms with van der Waals surface area (Å²) in [7, 11) is 9.03. The molecule has 332 valence electrons. The molecule has 0 fully saturated rings. The highest BCUT2D eigenvalue weighted by molar-refractivity contribution is 5.82. The van der Waals surface area contributed by atoms with Crippen molar-refractivity contribution in [3.05, 3.63) is 167 Å². The molecule has 0 aromatic heterocycles. The fourth-order valence-electron chi connectivity index (χ4n) is 6.69. The van der Waals surface area contributed by atoms with Gasteiger partial charge in [-0.2, -0.15) is 0 Å². The largest absolute Gasteiger partial charge is 0.496 e. The molecule has 64 heavy (non-hydrogen) atoms. The monoisotopic (exact) mass is 868 g/mol. The van der Waals surface area contributed by atoms with Gasteiger partial charge in [-0.25, -0.2) is 0 Å². The molecule has 6 aromatic rings. The fourth-order valence-corrected chi connectivity index (χ4v) is 6.69. The first-order valence-corrected chi connectivity index (χ1v) is 20.3. The van der Waals surface area contributed by atoms with E-state index in [0.29, 0.717) is 23.0 Å². The zero-order valence-corrected chi connectivity index (χ0v) is 36.8. The summed E-state index contributed by atoms with van der Waals surface area (Å²) in [4.78, 5) is 48.2. The molecule has 0 bridgehead atoms. The Hall–Kier alpha value is -7.60. The van der Waals surface area contributed by atoms with Crippen LogP contribution in [0.15, 0.2) is 133 Å². The van der Waals surface area contributed by atoms with Crippen LogP contribution in [-0.2, 0) is 77.0 Å². The molecule has 0 saturated heterocycles. The average Bonchev–Trinajstić information content (AvgIpc) is 3.33. The number of carbonyl (C=O) groups excluding carboxylic acids is 4. The van der Waals surface area contributed by atoms with Gasteiger partial charge in [-0.1, -0.05) is 84.9 Å². The third-order valence-electron chi connectivity index (χ3n) is 9.97. The van der Waals surface area contributed by atoms with Gasteiger partial charge < -0.3 is 37.9 Å². The molecule has 0 aliphatic carbocycles. The molecule has 0 amide bonds. The van der Waals surface area contributed by atoms with Crippen molar-refractivity contribution in [3.8, 4) is 45.3 Å². The van der Waals surface area contributed by atoms with Crippen molar-refractivity contribution < 1.29 is 57.1 Å². The second-order valence-electron chi connectivity index (χ2n) is 14.3. The van der Waals surface area contributed by atoms with Gasteiger partial charge in [0.25, 0.3) is 0 Å². The summed E-state index contributed by atoms with van der Waals surface area (Å²) in [6.45, 7) is 0.442. The number of rotatable bonds is 18. The van der Waals surface area contributed by atoms with Crippen LogP contribution < -0.4 is 18.9 Å². The first-order valence-electron chi connectivity index (χ1n) is 20.3. The highest BCUT2D eigenvalue weighted by Crippen LogP contribution is 2.39. The number of ether oxygens (including phenoxy) is 8. The van der Waals surface area contributed by atoms with Gasteiger partial charge in [-0.3, -0.25) is 19.2 Å². The normalized spacial score (nSPS) is 10.3. The topological polar surface area (TPSA) is 142 Å². The summed E-state index contributed by atoms with van der Waals surface area (Å²) in [6.07, 6.45) is 0.518. The lowest BCUT2D eigenvalue weighted by Crippen LogP contribution is -2.09. The summed E-state index contributed by atoms with van der Waals surface area (Å²) in [5.41, 5.74) is 7.99. The first-order chi connectivity index (χ1) is 31.1. The van der Waals surface area contributed by atoms with E-state index in [1.165, 1.54) is 14.2 Å². The summed E-state index contributed by atoms with van der Waals surface area (Å²) >= 11 is 0. The molecular weight excluding hydrogens is 817 g/mol. The van der Waals surface area contributed by atoms with Gasteiger partial charge in [0, 0.05) is 22.3 Å². The number of methoxy groups -OCH3 is 6. The van der Waals surface area contributed by atoms with Crippen LogP contribution in [0.3, 0.4) is 0 Å². The minimum Gasteiger partial charge on any atom is -0.496 e. The van der Waals surface area contributed by atoms with Gasteiger partial charge >= 0.3 is 23.9 Å². The predicted molar refractivity (Wildman–Crippen MR) is 241 cm³/mol. The van der Waals surface area contributed by atoms with Crippen molar-refractivity contribution in [1.82, 2.24) is 0 Å². The summed E-state index contributed by atoms with van der Waals surface area (Å²) in [6, 6.07) is 41.1. The Morgan fingerprint density at radius 1 is 0.328 bits per heavy atom. The fraction of sp³-hybridized carbons (Fsp3) is 0.231. The van der Waals surface area contributed by atoms with Gasteiger partial charge in [0.15, 0.2) is 0 Å². The van der Waals surface area contributed by atoms with Crippen molar-refractivity contribution in [2.24, 2.45) is 0 Å². The quantitative estimate of drug-likeness (QED) is 0.0602. The minimum absolute atomic E-state index is 0.109. The Bertz CT molecular complexity index is 2320. The van der Waals surface area contributed by atoms with Crippen molar-refractivity contribution in [2.75, 3.05) is 42.7 Å². The third-order valence-corrected chi connectivity index (χ3v) is 9.97. The number of esters is 4. The van der Waals surface area contributed by atoms with Gasteiger partial charge in [0.1, 0.15) is 36.2 Å². The van der Waals surface area contributed by atoms with Gasteiger partial charge in [-0.05, 0) is 81.9 Å². The maximum absolute atomic E-state index is 12.5. The van der Waals surface area contributed by atoms with Crippen LogP contribution >= 0.6 is 0 Å². The van der Waals surface area contributed by atoms with Gasteiger partial charge in [0.2, 0.25) is 0 Å². The molecule has 0 spiro atoms. The van der Waals surface area contributed by atoms with E-state index in [1.54, 1.807) is 40.6 Å². The molecule has 0 N–H and O–H groups in total. The lowest BCUT2D eigenvalue weighted by Gasteiger charge is -2.15. The number of hydrogen-bond donors (Lipinski definition) is 0. The lowest BCUT2D eigenvalue weighted by molar-refractivity contribution is -0.145. The Morgan fingerprint density at radius 2 is 0.594 bits per heavy atom. The SMILES string of the molecule is COC(=O)Cc1ccc(OC)c(-c2cc(CC(=O)OC)ccc2OC)c1.COc1ccc(CC(=O)OCc2ccccc2)cc1-c1cc(CC(=O)OCc2ccccc2)ccc1OC. The minimum atomic E-state index is -0.327. The summed E-state index contributed by atoms with van der Waals surface area (Å²) in [5.74, 6) is 1.19. The first kappa shape index (κ1) is 47.4. The van der Waals surface area contributed by atoms with E-state index in [-0.39, 0.29) is 62.8 Å². The molecule has 0 aliphatic rings. The van der Waals surface area contributed by atoms with E-state index in [4.69, 9.17) is 37.9 Å². The summed E-state index contributed by atoms with van der Waals surface area (Å²) < 4.78 is 42.5. The van der Waals surface area contributed by atoms with Crippen LogP contribution in [0.25, 0.3) is 22.3 Å². The Kier molecular flexibility index (Phi) is 17.9. The molecule has 0 atom stereocenters. The lowest BCUT2D eigenvalue weighted by atomic mass is 9.97. The molecule has 0 heterocycles. The molecule has 6 aromatic carbocycles. The second kappa shape index (κ2) is 24.1. The Morgan fingerprint density at radius 3 is 0.844 bits per heavy atom. The highest BCUT2D eigenvalue weighted by Gasteiger charge is 2.18. The van der Waals surface area contributed by atoms with Crippen molar-refractivity contribution in [1.29, 1.82) is 0 Å². The van der Waals surface area contributed by atoms with E-state index < -0.39 is 0 Å². The maximum Gasteiger partial charge on any atom is 0.310 e. The predicted octanol–water partition coefficient (Wildman–Crippen LogP) is 8.74. The second-order valence-corrected chi connectivity index (χ2v) is 14.3. The molecule has 0 unspecified atom stereocenters. The molecule has 12 nitrogen and oxygen atoms in total. The molecule has 0 saturated carbocycles. The smallest absolute Gasteiger partial charge is 0.310 e. The number of hydrogen-bond acceptors (Lipinski definition) is 12. The van der Waals surface area contributed by atoms with Crippen molar-refractivity contribution >= 4 is 23.9 Å². The van der Waals surface area contributed by atoms with Crippen LogP contribution in [0.5, 0.6) is 23.0 Å². The zero-order chi connectivity index (χ0) is 45.8. The van der Waals surface area contributed by atoms with Crippen molar-refractivity contribution in [2.45, 2.75) is 38.9 Å². The molecule has 12 heteroatoms. The molecule has 0 radical (unpaired) electrons. The van der Waals surface area contributed by atoms with Gasteiger partial charge in [0.05, 0.1) is 68.3 Å². The number of benzene rings is 6. The molecule has 6 rings (SSSR count). The van der Waals surface area contributed by atoms with E-state index in [0.717, 1.165) is 55.6 Å². The third kappa shape index (κ3) is 13.7. The van der Waals surface area contributed by atoms with Crippen molar-refractivity contribution in [3.63, 3.8) is 0 Å². The van der Waals surface area contributed by atoms with Crippen LogP contribution in [-0.4, -0.2) is 66.5 Å². The molecule has 0 aliphatic heterocycles. The van der Waals surface area contributed by atoms with Gasteiger partial charge in [-0.15, -0.1) is 0 Å².